The molecular weight excluding hydrogens is 418 g/mol. The molecule has 3 rings (SSSR count). The zero-order chi connectivity index (χ0) is 23.5. The van der Waals surface area contributed by atoms with Gasteiger partial charge < -0.3 is 20.9 Å². The first-order valence-corrected chi connectivity index (χ1v) is 11.0. The Balaban J connectivity index is 1.58. The normalized spacial score (nSPS) is 10.6. The summed E-state index contributed by atoms with van der Waals surface area (Å²) in [6.45, 7) is 7.83. The second-order valence-corrected chi connectivity index (χ2v) is 7.31. The minimum absolute atomic E-state index is 0.154. The number of carbonyl (C=O) groups is 2. The van der Waals surface area contributed by atoms with Gasteiger partial charge in [0.1, 0.15) is 11.6 Å². The van der Waals surface area contributed by atoms with E-state index in [9.17, 15) is 9.59 Å². The van der Waals surface area contributed by atoms with Gasteiger partial charge in [-0.2, -0.15) is 0 Å². The zero-order valence-corrected chi connectivity index (χ0v) is 18.9. The maximum absolute atomic E-state index is 12.5. The van der Waals surface area contributed by atoms with Gasteiger partial charge in [0.2, 0.25) is 0 Å². The molecule has 0 spiro atoms. The van der Waals surface area contributed by atoms with E-state index >= 15 is 0 Å². The molecule has 0 saturated heterocycles. The molecule has 3 heterocycles. The lowest BCUT2D eigenvalue weighted by molar-refractivity contribution is 0.0951. The molecular formula is C24H29N7O2. The van der Waals surface area contributed by atoms with E-state index < -0.39 is 0 Å². The molecule has 0 fully saturated rings. The van der Waals surface area contributed by atoms with Crippen LogP contribution in [0.2, 0.25) is 0 Å². The molecule has 3 aromatic heterocycles. The van der Waals surface area contributed by atoms with Crippen molar-refractivity contribution in [3.8, 4) is 0 Å². The average Bonchev–Trinajstić information content (AvgIpc) is 2.85. The summed E-state index contributed by atoms with van der Waals surface area (Å²) in [5, 5.41) is 8.81. The Hall–Kier alpha value is -3.85. The van der Waals surface area contributed by atoms with E-state index in [1.165, 1.54) is 6.20 Å². The summed E-state index contributed by atoms with van der Waals surface area (Å²) in [5.74, 6) is 0.488. The number of amides is 2. The number of pyridine rings is 3. The average molecular weight is 448 g/mol. The molecule has 2 amide bonds. The fourth-order valence-corrected chi connectivity index (χ4v) is 3.20. The lowest BCUT2D eigenvalue weighted by Crippen LogP contribution is -2.29. The summed E-state index contributed by atoms with van der Waals surface area (Å²) in [6, 6.07) is 9.99. The van der Waals surface area contributed by atoms with Crippen molar-refractivity contribution in [2.75, 3.05) is 36.8 Å². The largest absolute Gasteiger partial charge is 0.352 e. The van der Waals surface area contributed by atoms with Gasteiger partial charge in [-0.05, 0) is 62.5 Å². The molecule has 172 valence electrons. The Labute approximate surface area is 193 Å². The molecule has 0 aromatic carbocycles. The highest BCUT2D eigenvalue weighted by Gasteiger charge is 2.10. The molecule has 0 bridgehead atoms. The van der Waals surface area contributed by atoms with E-state index in [0.29, 0.717) is 35.0 Å². The Kier molecular flexibility index (Phi) is 8.84. The maximum atomic E-state index is 12.5. The van der Waals surface area contributed by atoms with Crippen molar-refractivity contribution in [1.82, 2.24) is 25.2 Å². The summed E-state index contributed by atoms with van der Waals surface area (Å²) in [5.41, 5.74) is 1.59. The number of aromatic nitrogens is 3. The first kappa shape index (κ1) is 23.8. The highest BCUT2D eigenvalue weighted by Crippen LogP contribution is 2.16. The van der Waals surface area contributed by atoms with Gasteiger partial charge >= 0.3 is 0 Å². The maximum Gasteiger partial charge on any atom is 0.255 e. The van der Waals surface area contributed by atoms with Crippen molar-refractivity contribution in [3.63, 3.8) is 0 Å². The van der Waals surface area contributed by atoms with Crippen molar-refractivity contribution in [3.05, 3.63) is 72.3 Å². The Morgan fingerprint density at radius 2 is 1.45 bits per heavy atom. The van der Waals surface area contributed by atoms with Crippen molar-refractivity contribution in [2.45, 2.75) is 20.3 Å². The van der Waals surface area contributed by atoms with Crippen molar-refractivity contribution < 1.29 is 9.59 Å². The number of hydrogen-bond acceptors (Lipinski definition) is 7. The molecule has 9 heteroatoms. The fraction of sp³-hybridized carbons (Fsp3) is 0.292. The van der Waals surface area contributed by atoms with Crippen LogP contribution < -0.4 is 16.0 Å². The summed E-state index contributed by atoms with van der Waals surface area (Å²) in [7, 11) is 0. The molecule has 3 aromatic rings. The van der Waals surface area contributed by atoms with Gasteiger partial charge in [-0.15, -0.1) is 0 Å². The summed E-state index contributed by atoms with van der Waals surface area (Å²) >= 11 is 0. The van der Waals surface area contributed by atoms with E-state index in [1.807, 2.05) is 0 Å². The third-order valence-electron chi connectivity index (χ3n) is 5.07. The molecule has 0 radical (unpaired) electrons. The molecule has 0 aliphatic rings. The quantitative estimate of drug-likeness (QED) is 0.387. The van der Waals surface area contributed by atoms with E-state index in [0.717, 1.165) is 26.1 Å². The number of anilines is 3. The van der Waals surface area contributed by atoms with Gasteiger partial charge in [-0.25, -0.2) is 9.97 Å². The summed E-state index contributed by atoms with van der Waals surface area (Å²) < 4.78 is 0. The van der Waals surface area contributed by atoms with Crippen molar-refractivity contribution >= 4 is 29.1 Å². The Morgan fingerprint density at radius 1 is 0.848 bits per heavy atom. The molecule has 0 aliphatic carbocycles. The van der Waals surface area contributed by atoms with Crippen LogP contribution in [0, 0.1) is 0 Å². The summed E-state index contributed by atoms with van der Waals surface area (Å²) in [6.07, 6.45) is 7.20. The van der Waals surface area contributed by atoms with Gasteiger partial charge in [0.15, 0.2) is 0 Å². The van der Waals surface area contributed by atoms with Crippen LogP contribution >= 0.6 is 0 Å². The minimum Gasteiger partial charge on any atom is -0.352 e. The zero-order valence-electron chi connectivity index (χ0n) is 18.9. The van der Waals surface area contributed by atoms with E-state index in [-0.39, 0.29) is 11.8 Å². The van der Waals surface area contributed by atoms with Gasteiger partial charge in [-0.3, -0.25) is 14.6 Å². The number of hydrogen-bond donors (Lipinski definition) is 3. The van der Waals surface area contributed by atoms with Crippen LogP contribution in [-0.4, -0.2) is 57.8 Å². The highest BCUT2D eigenvalue weighted by atomic mass is 16.2. The molecule has 3 N–H and O–H groups in total. The van der Waals surface area contributed by atoms with Crippen LogP contribution in [0.1, 0.15) is 41.0 Å². The fourth-order valence-electron chi connectivity index (χ4n) is 3.20. The topological polar surface area (TPSA) is 112 Å². The van der Waals surface area contributed by atoms with Gasteiger partial charge in [-0.1, -0.05) is 13.8 Å². The van der Waals surface area contributed by atoms with E-state index in [4.69, 9.17) is 0 Å². The molecule has 33 heavy (non-hydrogen) atoms. The number of nitrogens with zero attached hydrogens (tertiary/aromatic N) is 4. The van der Waals surface area contributed by atoms with E-state index in [2.05, 4.69) is 49.6 Å². The van der Waals surface area contributed by atoms with Crippen LogP contribution in [0.15, 0.2) is 61.2 Å². The SMILES string of the molecule is CCN(CC)CCCNC(=O)c1ccnc(Nc2cc(C(=O)Nc3ccncc3)ccn2)c1. The lowest BCUT2D eigenvalue weighted by atomic mass is 10.2. The predicted octanol–water partition coefficient (Wildman–Crippen LogP) is 3.33. The first-order valence-electron chi connectivity index (χ1n) is 11.0. The van der Waals surface area contributed by atoms with Gasteiger partial charge in [0.25, 0.3) is 11.8 Å². The Morgan fingerprint density at radius 3 is 2.06 bits per heavy atom. The van der Waals surface area contributed by atoms with Gasteiger partial charge in [0, 0.05) is 48.1 Å². The molecule has 0 atom stereocenters. The lowest BCUT2D eigenvalue weighted by Gasteiger charge is -2.17. The van der Waals surface area contributed by atoms with E-state index in [1.54, 1.807) is 55.0 Å². The number of rotatable bonds is 11. The van der Waals surface area contributed by atoms with Crippen molar-refractivity contribution in [2.24, 2.45) is 0 Å². The van der Waals surface area contributed by atoms with Crippen LogP contribution in [-0.2, 0) is 0 Å². The molecule has 0 unspecified atom stereocenters. The monoisotopic (exact) mass is 447 g/mol. The first-order chi connectivity index (χ1) is 16.1. The number of nitrogens with one attached hydrogen (secondary N) is 3. The van der Waals surface area contributed by atoms with Crippen LogP contribution in [0.25, 0.3) is 0 Å². The number of carbonyl (C=O) groups excluding carboxylic acids is 2. The highest BCUT2D eigenvalue weighted by molar-refractivity contribution is 6.04. The molecule has 0 aliphatic heterocycles. The van der Waals surface area contributed by atoms with Crippen molar-refractivity contribution in [1.29, 1.82) is 0 Å². The van der Waals surface area contributed by atoms with Crippen LogP contribution in [0.4, 0.5) is 17.3 Å². The Bertz CT molecular complexity index is 1060. The molecule has 9 nitrogen and oxygen atoms in total. The van der Waals surface area contributed by atoms with Crippen LogP contribution in [0.3, 0.4) is 0 Å². The van der Waals surface area contributed by atoms with Gasteiger partial charge in [0.05, 0.1) is 0 Å². The summed E-state index contributed by atoms with van der Waals surface area (Å²) in [4.78, 5) is 39.8. The third-order valence-corrected chi connectivity index (χ3v) is 5.07. The second-order valence-electron chi connectivity index (χ2n) is 7.31. The van der Waals surface area contributed by atoms with Crippen LogP contribution in [0.5, 0.6) is 0 Å². The third kappa shape index (κ3) is 7.36. The standard InChI is InChI=1S/C24H29N7O2/c1-3-31(4-2)15-5-10-28-23(32)18-6-13-26-21(16-18)30-22-17-19(7-14-27-22)24(33)29-20-8-11-25-12-9-20/h6-9,11-14,16-17H,3-5,10,15H2,1-2H3,(H,28,32)(H,25,29,33)(H,26,27,30). The minimum atomic E-state index is -0.266. The molecule has 0 saturated carbocycles. The second kappa shape index (κ2) is 12.3. The predicted molar refractivity (Wildman–Crippen MR) is 129 cm³/mol. The smallest absolute Gasteiger partial charge is 0.255 e.